The standard InChI is InChI=1S/C14H14N2O3S/c1-8-9(2)15-16-13(12(8)14(17)18)19-10-4-6-11(20-3)7-5-10/h4-7H,1-3H3,(H,17,18). The number of thioether (sulfide) groups is 1. The number of carbonyl (C=O) groups is 1. The summed E-state index contributed by atoms with van der Waals surface area (Å²) in [6, 6.07) is 7.34. The Morgan fingerprint density at radius 3 is 2.40 bits per heavy atom. The van der Waals surface area contributed by atoms with Gasteiger partial charge in [-0.05, 0) is 49.9 Å². The minimum atomic E-state index is -1.07. The van der Waals surface area contributed by atoms with Gasteiger partial charge < -0.3 is 9.84 Å². The zero-order valence-electron chi connectivity index (χ0n) is 11.4. The fourth-order valence-corrected chi connectivity index (χ4v) is 2.07. The second-order valence-electron chi connectivity index (χ2n) is 4.17. The molecule has 1 aromatic heterocycles. The van der Waals surface area contributed by atoms with Gasteiger partial charge in [0, 0.05) is 4.90 Å². The number of carboxylic acids is 1. The molecule has 0 spiro atoms. The van der Waals surface area contributed by atoms with Crippen molar-refractivity contribution in [3.05, 3.63) is 41.1 Å². The molecule has 0 aliphatic heterocycles. The van der Waals surface area contributed by atoms with Crippen molar-refractivity contribution in [2.45, 2.75) is 18.7 Å². The van der Waals surface area contributed by atoms with Crippen LogP contribution in [0.15, 0.2) is 29.2 Å². The normalized spacial score (nSPS) is 10.3. The van der Waals surface area contributed by atoms with Crippen LogP contribution in [-0.4, -0.2) is 27.5 Å². The first kappa shape index (κ1) is 14.3. The predicted molar refractivity (Wildman–Crippen MR) is 76.8 cm³/mol. The molecule has 2 rings (SSSR count). The molecule has 1 aromatic carbocycles. The average Bonchev–Trinajstić information content (AvgIpc) is 2.43. The lowest BCUT2D eigenvalue weighted by Gasteiger charge is -2.10. The molecule has 0 aliphatic carbocycles. The van der Waals surface area contributed by atoms with Crippen molar-refractivity contribution < 1.29 is 14.6 Å². The lowest BCUT2D eigenvalue weighted by Crippen LogP contribution is -2.08. The number of aromatic carboxylic acids is 1. The largest absolute Gasteiger partial charge is 0.477 e. The van der Waals surface area contributed by atoms with Gasteiger partial charge in [0.25, 0.3) is 5.88 Å². The summed E-state index contributed by atoms with van der Waals surface area (Å²) in [5.74, 6) is -0.531. The van der Waals surface area contributed by atoms with Crippen LogP contribution in [0.25, 0.3) is 0 Å². The van der Waals surface area contributed by atoms with Crippen LogP contribution in [0.2, 0.25) is 0 Å². The molecule has 0 aliphatic rings. The average molecular weight is 290 g/mol. The summed E-state index contributed by atoms with van der Waals surface area (Å²) < 4.78 is 5.54. The maximum Gasteiger partial charge on any atom is 0.341 e. The highest BCUT2D eigenvalue weighted by Gasteiger charge is 2.19. The van der Waals surface area contributed by atoms with Crippen molar-refractivity contribution in [2.24, 2.45) is 0 Å². The van der Waals surface area contributed by atoms with Crippen molar-refractivity contribution in [3.63, 3.8) is 0 Å². The Hall–Kier alpha value is -2.08. The van der Waals surface area contributed by atoms with Gasteiger partial charge in [0.15, 0.2) is 0 Å². The summed E-state index contributed by atoms with van der Waals surface area (Å²) >= 11 is 1.62. The molecular formula is C14H14N2O3S. The van der Waals surface area contributed by atoms with Gasteiger partial charge >= 0.3 is 5.97 Å². The molecule has 0 bridgehead atoms. The Morgan fingerprint density at radius 1 is 1.20 bits per heavy atom. The van der Waals surface area contributed by atoms with Crippen LogP contribution in [0.1, 0.15) is 21.6 Å². The number of benzene rings is 1. The van der Waals surface area contributed by atoms with Crippen molar-refractivity contribution in [2.75, 3.05) is 6.26 Å². The number of ether oxygens (including phenoxy) is 1. The summed E-state index contributed by atoms with van der Waals surface area (Å²) in [6.45, 7) is 3.41. The first-order valence-electron chi connectivity index (χ1n) is 5.92. The van der Waals surface area contributed by atoms with E-state index >= 15 is 0 Å². The van der Waals surface area contributed by atoms with Crippen molar-refractivity contribution in [3.8, 4) is 11.6 Å². The lowest BCUT2D eigenvalue weighted by atomic mass is 10.1. The maximum atomic E-state index is 11.3. The second kappa shape index (κ2) is 5.92. The first-order valence-corrected chi connectivity index (χ1v) is 7.14. The number of nitrogens with zero attached hydrogens (tertiary/aromatic N) is 2. The molecule has 0 saturated heterocycles. The van der Waals surface area contributed by atoms with E-state index in [4.69, 9.17) is 4.74 Å². The molecule has 0 saturated carbocycles. The molecule has 0 amide bonds. The highest BCUT2D eigenvalue weighted by molar-refractivity contribution is 7.98. The zero-order chi connectivity index (χ0) is 14.7. The summed E-state index contributed by atoms with van der Waals surface area (Å²) in [5.41, 5.74) is 1.18. The second-order valence-corrected chi connectivity index (χ2v) is 5.05. The molecule has 0 fully saturated rings. The van der Waals surface area contributed by atoms with Gasteiger partial charge in [0.05, 0.1) is 5.69 Å². The van der Waals surface area contributed by atoms with E-state index in [1.165, 1.54) is 0 Å². The molecule has 6 heteroatoms. The number of hydrogen-bond donors (Lipinski definition) is 1. The highest BCUT2D eigenvalue weighted by atomic mass is 32.2. The molecule has 0 unspecified atom stereocenters. The Balaban J connectivity index is 2.37. The van der Waals surface area contributed by atoms with Gasteiger partial charge in [0.2, 0.25) is 0 Å². The number of rotatable bonds is 4. The van der Waals surface area contributed by atoms with Gasteiger partial charge in [-0.3, -0.25) is 0 Å². The van der Waals surface area contributed by atoms with Crippen LogP contribution in [0.5, 0.6) is 11.6 Å². The van der Waals surface area contributed by atoms with E-state index < -0.39 is 5.97 Å². The fourth-order valence-electron chi connectivity index (χ4n) is 1.67. The number of carboxylic acid groups (broad SMARTS) is 1. The molecule has 1 N–H and O–H groups in total. The fraction of sp³-hybridized carbons (Fsp3) is 0.214. The summed E-state index contributed by atoms with van der Waals surface area (Å²) in [5, 5.41) is 17.0. The van der Waals surface area contributed by atoms with Crippen molar-refractivity contribution >= 4 is 17.7 Å². The quantitative estimate of drug-likeness (QED) is 0.871. The number of hydrogen-bond acceptors (Lipinski definition) is 5. The third-order valence-electron chi connectivity index (χ3n) is 2.91. The van der Waals surface area contributed by atoms with Gasteiger partial charge in [-0.1, -0.05) is 0 Å². The van der Waals surface area contributed by atoms with Crippen LogP contribution in [0, 0.1) is 13.8 Å². The predicted octanol–water partition coefficient (Wildman–Crippen LogP) is 3.31. The Kier molecular flexibility index (Phi) is 4.24. The molecule has 0 atom stereocenters. The van der Waals surface area contributed by atoms with E-state index in [0.717, 1.165) is 4.90 Å². The first-order chi connectivity index (χ1) is 9.52. The van der Waals surface area contributed by atoms with Crippen LogP contribution in [0.4, 0.5) is 0 Å². The molecule has 104 valence electrons. The number of aryl methyl sites for hydroxylation is 1. The molecule has 5 nitrogen and oxygen atoms in total. The minimum absolute atomic E-state index is 0.0116. The van der Waals surface area contributed by atoms with Crippen molar-refractivity contribution in [1.82, 2.24) is 10.2 Å². The summed E-state index contributed by atoms with van der Waals surface area (Å²) in [4.78, 5) is 12.4. The topological polar surface area (TPSA) is 72.3 Å². The van der Waals surface area contributed by atoms with E-state index in [0.29, 0.717) is 17.0 Å². The summed E-state index contributed by atoms with van der Waals surface area (Å²) in [7, 11) is 0. The zero-order valence-corrected chi connectivity index (χ0v) is 12.2. The molecule has 2 aromatic rings. The maximum absolute atomic E-state index is 11.3. The minimum Gasteiger partial charge on any atom is -0.477 e. The smallest absolute Gasteiger partial charge is 0.341 e. The SMILES string of the molecule is CSc1ccc(Oc2nnc(C)c(C)c2C(=O)O)cc1. The van der Waals surface area contributed by atoms with Gasteiger partial charge in [-0.15, -0.1) is 16.9 Å². The van der Waals surface area contributed by atoms with Crippen LogP contribution in [0.3, 0.4) is 0 Å². The van der Waals surface area contributed by atoms with E-state index in [2.05, 4.69) is 10.2 Å². The third-order valence-corrected chi connectivity index (χ3v) is 3.65. The molecular weight excluding hydrogens is 276 g/mol. The Morgan fingerprint density at radius 2 is 1.85 bits per heavy atom. The van der Waals surface area contributed by atoms with Gasteiger partial charge in [-0.2, -0.15) is 5.10 Å². The van der Waals surface area contributed by atoms with Crippen molar-refractivity contribution in [1.29, 1.82) is 0 Å². The highest BCUT2D eigenvalue weighted by Crippen LogP contribution is 2.27. The Labute approximate surface area is 121 Å². The summed E-state index contributed by atoms with van der Waals surface area (Å²) in [6.07, 6.45) is 1.98. The van der Waals surface area contributed by atoms with E-state index in [9.17, 15) is 9.90 Å². The van der Waals surface area contributed by atoms with Gasteiger partial charge in [-0.25, -0.2) is 4.79 Å². The van der Waals surface area contributed by atoms with Crippen LogP contribution >= 0.6 is 11.8 Å². The van der Waals surface area contributed by atoms with E-state index in [1.54, 1.807) is 37.7 Å². The van der Waals surface area contributed by atoms with Gasteiger partial charge in [0.1, 0.15) is 11.3 Å². The molecule has 20 heavy (non-hydrogen) atoms. The van der Waals surface area contributed by atoms with E-state index in [-0.39, 0.29) is 11.4 Å². The third kappa shape index (κ3) is 2.91. The van der Waals surface area contributed by atoms with Crippen LogP contribution in [-0.2, 0) is 0 Å². The molecule has 1 heterocycles. The number of aromatic nitrogens is 2. The molecule has 0 radical (unpaired) electrons. The van der Waals surface area contributed by atoms with Crippen LogP contribution < -0.4 is 4.74 Å². The lowest BCUT2D eigenvalue weighted by molar-refractivity contribution is 0.0692. The Bertz CT molecular complexity index is 642. The monoisotopic (exact) mass is 290 g/mol. The van der Waals surface area contributed by atoms with E-state index in [1.807, 2.05) is 18.4 Å².